The van der Waals surface area contributed by atoms with Gasteiger partial charge in [-0.3, -0.25) is 0 Å². The monoisotopic (exact) mass is 442 g/mol. The first-order valence-corrected chi connectivity index (χ1v) is 15.1. The number of hydrogen-bond donors (Lipinski definition) is 3. The van der Waals surface area contributed by atoms with E-state index in [0.717, 1.165) is 18.4 Å². The molecular formula is C26H38O4Si. The van der Waals surface area contributed by atoms with Crippen molar-refractivity contribution in [2.45, 2.75) is 76.8 Å². The molecule has 3 N–H and O–H groups in total. The molecule has 0 amide bonds. The summed E-state index contributed by atoms with van der Waals surface area (Å²) in [6.07, 6.45) is -0.967. The topological polar surface area (TPSA) is 69.9 Å². The predicted octanol–water partition coefficient (Wildman–Crippen LogP) is 4.26. The van der Waals surface area contributed by atoms with E-state index in [-0.39, 0.29) is 12.5 Å². The number of hydrogen-bond acceptors (Lipinski definition) is 4. The minimum atomic E-state index is -1.03. The summed E-state index contributed by atoms with van der Waals surface area (Å²) < 4.78 is 5.88. The second-order valence-electron chi connectivity index (χ2n) is 10.4. The van der Waals surface area contributed by atoms with E-state index in [2.05, 4.69) is 63.0 Å². The van der Waals surface area contributed by atoms with Crippen LogP contribution in [0.15, 0.2) is 42.5 Å². The van der Waals surface area contributed by atoms with Gasteiger partial charge < -0.3 is 20.1 Å². The van der Waals surface area contributed by atoms with Gasteiger partial charge in [0.2, 0.25) is 0 Å². The standard InChI is InChI=1S/C26H38O4Si/c1-17-6-11-21(26-25(29)18(2)24(28)23(16-27)30-26)15-22(17)14-20-9-7-19(8-10-20)12-13-31(3,4)5/h6-11,15,18,23-29H,12-14,16H2,1-5H3/t18-,23+,24-,25+,26-/m0/s1. The Balaban J connectivity index is 1.75. The minimum Gasteiger partial charge on any atom is -0.394 e. The molecule has 5 atom stereocenters. The number of benzene rings is 2. The van der Waals surface area contributed by atoms with Gasteiger partial charge in [-0.15, -0.1) is 0 Å². The molecule has 1 heterocycles. The van der Waals surface area contributed by atoms with E-state index in [0.29, 0.717) is 0 Å². The molecule has 170 valence electrons. The van der Waals surface area contributed by atoms with Crippen molar-refractivity contribution in [2.24, 2.45) is 5.92 Å². The molecule has 3 rings (SSSR count). The van der Waals surface area contributed by atoms with Gasteiger partial charge in [0.1, 0.15) is 12.2 Å². The normalized spacial score (nSPS) is 26.8. The molecular weight excluding hydrogens is 404 g/mol. The maximum absolute atomic E-state index is 10.7. The summed E-state index contributed by atoms with van der Waals surface area (Å²) in [6.45, 7) is 10.9. The Hall–Kier alpha value is -1.50. The quantitative estimate of drug-likeness (QED) is 0.561. The zero-order valence-electron chi connectivity index (χ0n) is 19.5. The average molecular weight is 443 g/mol. The van der Waals surface area contributed by atoms with Crippen LogP contribution in [-0.2, 0) is 17.6 Å². The maximum atomic E-state index is 10.7. The summed E-state index contributed by atoms with van der Waals surface area (Å²) in [4.78, 5) is 0. The van der Waals surface area contributed by atoms with Crippen LogP contribution < -0.4 is 0 Å². The Morgan fingerprint density at radius 3 is 2.19 bits per heavy atom. The van der Waals surface area contributed by atoms with Gasteiger partial charge in [-0.2, -0.15) is 0 Å². The molecule has 1 aliphatic rings. The Labute approximate surface area is 187 Å². The minimum absolute atomic E-state index is 0.266. The number of ether oxygens (including phenoxy) is 1. The first-order valence-electron chi connectivity index (χ1n) is 11.4. The molecule has 0 bridgehead atoms. The number of aliphatic hydroxyl groups is 3. The summed E-state index contributed by atoms with van der Waals surface area (Å²) in [5.41, 5.74) is 5.94. The Morgan fingerprint density at radius 2 is 1.58 bits per heavy atom. The van der Waals surface area contributed by atoms with Crippen LogP contribution in [0, 0.1) is 12.8 Å². The zero-order valence-corrected chi connectivity index (χ0v) is 20.5. The first-order chi connectivity index (χ1) is 14.6. The van der Waals surface area contributed by atoms with Gasteiger partial charge in [0.05, 0.1) is 18.8 Å². The molecule has 0 radical (unpaired) electrons. The number of aryl methyl sites for hydroxylation is 2. The van der Waals surface area contributed by atoms with Crippen LogP contribution in [0.1, 0.15) is 40.8 Å². The fourth-order valence-corrected chi connectivity index (χ4v) is 5.25. The third kappa shape index (κ3) is 6.05. The molecule has 0 spiro atoms. The van der Waals surface area contributed by atoms with Crippen LogP contribution in [0.4, 0.5) is 0 Å². The Kier molecular flexibility index (Phi) is 7.76. The zero-order chi connectivity index (χ0) is 22.8. The highest BCUT2D eigenvalue weighted by atomic mass is 28.3. The molecule has 1 fully saturated rings. The van der Waals surface area contributed by atoms with E-state index in [1.165, 1.54) is 28.3 Å². The highest BCUT2D eigenvalue weighted by Gasteiger charge is 2.42. The van der Waals surface area contributed by atoms with Crippen LogP contribution >= 0.6 is 0 Å². The van der Waals surface area contributed by atoms with Crippen molar-refractivity contribution in [1.82, 2.24) is 0 Å². The molecule has 1 saturated heterocycles. The maximum Gasteiger partial charge on any atom is 0.109 e. The third-order valence-electron chi connectivity index (χ3n) is 6.55. The summed E-state index contributed by atoms with van der Waals surface area (Å²) in [7, 11) is -1.03. The molecule has 0 aromatic heterocycles. The van der Waals surface area contributed by atoms with Gasteiger partial charge in [-0.05, 0) is 47.6 Å². The highest BCUT2D eigenvalue weighted by Crippen LogP contribution is 2.36. The lowest BCUT2D eigenvalue weighted by molar-refractivity contribution is -0.207. The van der Waals surface area contributed by atoms with Crippen molar-refractivity contribution in [3.63, 3.8) is 0 Å². The van der Waals surface area contributed by atoms with Gasteiger partial charge >= 0.3 is 0 Å². The lowest BCUT2D eigenvalue weighted by Crippen LogP contribution is -2.50. The van der Waals surface area contributed by atoms with Crippen molar-refractivity contribution >= 4 is 8.07 Å². The van der Waals surface area contributed by atoms with Crippen molar-refractivity contribution in [2.75, 3.05) is 6.61 Å². The largest absolute Gasteiger partial charge is 0.394 e. The van der Waals surface area contributed by atoms with E-state index < -0.39 is 32.5 Å². The SMILES string of the molecule is Cc1ccc([C@@H]2O[C@H](CO)[C@@H](O)[C@H](C)[C@H]2O)cc1Cc1ccc(CC[Si](C)(C)C)cc1. The second kappa shape index (κ2) is 9.97. The lowest BCUT2D eigenvalue weighted by Gasteiger charge is -2.41. The second-order valence-corrected chi connectivity index (χ2v) is 16.0. The van der Waals surface area contributed by atoms with Crippen LogP contribution in [-0.4, -0.2) is 48.3 Å². The van der Waals surface area contributed by atoms with Gasteiger partial charge in [0.25, 0.3) is 0 Å². The fraction of sp³-hybridized carbons (Fsp3) is 0.538. The van der Waals surface area contributed by atoms with E-state index >= 15 is 0 Å². The van der Waals surface area contributed by atoms with E-state index in [1.54, 1.807) is 6.92 Å². The van der Waals surface area contributed by atoms with Crippen molar-refractivity contribution in [3.8, 4) is 0 Å². The van der Waals surface area contributed by atoms with Crippen molar-refractivity contribution in [3.05, 3.63) is 70.3 Å². The molecule has 0 saturated carbocycles. The van der Waals surface area contributed by atoms with Crippen LogP contribution in [0.2, 0.25) is 25.7 Å². The van der Waals surface area contributed by atoms with Gasteiger partial charge in [-0.25, -0.2) is 0 Å². The van der Waals surface area contributed by atoms with Gasteiger partial charge in [-0.1, -0.05) is 75.1 Å². The number of rotatable bonds is 7. The highest BCUT2D eigenvalue weighted by molar-refractivity contribution is 6.76. The van der Waals surface area contributed by atoms with E-state index in [4.69, 9.17) is 4.74 Å². The van der Waals surface area contributed by atoms with Crippen LogP contribution in [0.3, 0.4) is 0 Å². The van der Waals surface area contributed by atoms with E-state index in [1.807, 2.05) is 6.07 Å². The molecule has 2 aromatic rings. The molecule has 1 aliphatic heterocycles. The molecule has 0 unspecified atom stereocenters. The summed E-state index contributed by atoms with van der Waals surface area (Å²) in [5.74, 6) is -0.371. The Bertz CT molecular complexity index is 857. The third-order valence-corrected chi connectivity index (χ3v) is 8.30. The smallest absolute Gasteiger partial charge is 0.109 e. The molecule has 31 heavy (non-hydrogen) atoms. The fourth-order valence-electron chi connectivity index (χ4n) is 4.21. The Morgan fingerprint density at radius 1 is 0.935 bits per heavy atom. The first kappa shape index (κ1) is 24.1. The number of aliphatic hydroxyl groups excluding tert-OH is 3. The van der Waals surface area contributed by atoms with E-state index in [9.17, 15) is 15.3 Å². The molecule has 4 nitrogen and oxygen atoms in total. The summed E-state index contributed by atoms with van der Waals surface area (Å²) in [6, 6.07) is 16.4. The van der Waals surface area contributed by atoms with Crippen LogP contribution in [0.5, 0.6) is 0 Å². The van der Waals surface area contributed by atoms with Crippen molar-refractivity contribution < 1.29 is 20.1 Å². The van der Waals surface area contributed by atoms with Gasteiger partial charge in [0, 0.05) is 14.0 Å². The molecule has 5 heteroatoms. The van der Waals surface area contributed by atoms with Gasteiger partial charge in [0.15, 0.2) is 0 Å². The lowest BCUT2D eigenvalue weighted by atomic mass is 9.84. The van der Waals surface area contributed by atoms with Crippen molar-refractivity contribution in [1.29, 1.82) is 0 Å². The molecule has 0 aliphatic carbocycles. The average Bonchev–Trinajstić information content (AvgIpc) is 2.73. The summed E-state index contributed by atoms with van der Waals surface area (Å²) in [5, 5.41) is 30.5. The van der Waals surface area contributed by atoms with Crippen LogP contribution in [0.25, 0.3) is 0 Å². The molecule has 2 aromatic carbocycles. The predicted molar refractivity (Wildman–Crippen MR) is 128 cm³/mol. The summed E-state index contributed by atoms with van der Waals surface area (Å²) >= 11 is 0.